The number of benzene rings is 3. The maximum Gasteiger partial charge on any atom is 0.416 e. The van der Waals surface area contributed by atoms with Crippen LogP contribution in [0.1, 0.15) is 35.3 Å². The van der Waals surface area contributed by atoms with Crippen molar-refractivity contribution in [2.45, 2.75) is 38.8 Å². The zero-order valence-corrected chi connectivity index (χ0v) is 23.2. The van der Waals surface area contributed by atoms with Crippen molar-refractivity contribution in [2.24, 2.45) is 5.92 Å². The summed E-state index contributed by atoms with van der Waals surface area (Å²) in [5, 5.41) is 12.5. The number of ether oxygens (including phenoxy) is 1. The van der Waals surface area contributed by atoms with Crippen LogP contribution in [-0.4, -0.2) is 65.7 Å². The number of halogens is 3. The SMILES string of the molecule is C[C@H]1CN([C@@H](C)CO)C(=O)c2ccccc2-c2ccccc2CO[C@H]1CN(C)C(=O)Nc1cccc(C(F)(F)F)c1. The molecule has 1 aliphatic rings. The Hall–Kier alpha value is -3.89. The van der Waals surface area contributed by atoms with Crippen LogP contribution in [0.15, 0.2) is 72.8 Å². The number of hydrogen-bond acceptors (Lipinski definition) is 4. The van der Waals surface area contributed by atoms with Gasteiger partial charge < -0.3 is 25.0 Å². The van der Waals surface area contributed by atoms with Crippen LogP contribution in [-0.2, 0) is 17.5 Å². The summed E-state index contributed by atoms with van der Waals surface area (Å²) >= 11 is 0. The molecular formula is C31H34F3N3O4. The van der Waals surface area contributed by atoms with Crippen molar-refractivity contribution in [3.8, 4) is 11.1 Å². The average molecular weight is 570 g/mol. The van der Waals surface area contributed by atoms with E-state index in [1.54, 1.807) is 17.9 Å². The summed E-state index contributed by atoms with van der Waals surface area (Å²) in [6.45, 7) is 4.01. The number of hydrogen-bond donors (Lipinski definition) is 2. The lowest BCUT2D eigenvalue weighted by Crippen LogP contribution is -2.48. The van der Waals surface area contributed by atoms with Crippen molar-refractivity contribution in [3.05, 3.63) is 89.5 Å². The number of nitrogens with zero attached hydrogens (tertiary/aromatic N) is 2. The van der Waals surface area contributed by atoms with Gasteiger partial charge in [0.2, 0.25) is 0 Å². The molecule has 1 heterocycles. The number of carbonyl (C=O) groups excluding carboxylic acids is 2. The summed E-state index contributed by atoms with van der Waals surface area (Å²) in [5.74, 6) is -0.491. The summed E-state index contributed by atoms with van der Waals surface area (Å²) in [4.78, 5) is 29.8. The molecular weight excluding hydrogens is 535 g/mol. The number of alkyl halides is 3. The van der Waals surface area contributed by atoms with Crippen molar-refractivity contribution < 1.29 is 32.6 Å². The Morgan fingerprint density at radius 3 is 2.41 bits per heavy atom. The molecule has 3 atom stereocenters. The minimum atomic E-state index is -4.53. The molecule has 0 aliphatic carbocycles. The van der Waals surface area contributed by atoms with Gasteiger partial charge in [-0.25, -0.2) is 4.79 Å². The Kier molecular flexibility index (Phi) is 9.35. The molecule has 10 heteroatoms. The number of aliphatic hydroxyl groups excluding tert-OH is 1. The number of amides is 3. The number of anilines is 1. The first-order valence-corrected chi connectivity index (χ1v) is 13.4. The third-order valence-corrected chi connectivity index (χ3v) is 7.34. The fourth-order valence-electron chi connectivity index (χ4n) is 4.90. The summed E-state index contributed by atoms with van der Waals surface area (Å²) in [6, 6.07) is 18.3. The minimum Gasteiger partial charge on any atom is -0.394 e. The zero-order chi connectivity index (χ0) is 29.7. The normalized spacial score (nSPS) is 18.5. The van der Waals surface area contributed by atoms with E-state index in [1.165, 1.54) is 24.1 Å². The molecule has 1 aliphatic heterocycles. The van der Waals surface area contributed by atoms with Gasteiger partial charge in [0.15, 0.2) is 0 Å². The number of likely N-dealkylation sites (N-methyl/N-ethyl adjacent to an activating group) is 1. The third-order valence-electron chi connectivity index (χ3n) is 7.34. The predicted molar refractivity (Wildman–Crippen MR) is 150 cm³/mol. The molecule has 0 fully saturated rings. The molecule has 218 valence electrons. The maximum absolute atomic E-state index is 13.9. The van der Waals surface area contributed by atoms with Gasteiger partial charge in [-0.1, -0.05) is 55.5 Å². The molecule has 3 aromatic rings. The van der Waals surface area contributed by atoms with Crippen molar-refractivity contribution in [3.63, 3.8) is 0 Å². The van der Waals surface area contributed by atoms with Gasteiger partial charge in [-0.3, -0.25) is 4.79 Å². The van der Waals surface area contributed by atoms with Crippen LogP contribution in [0, 0.1) is 5.92 Å². The van der Waals surface area contributed by atoms with E-state index < -0.39 is 29.9 Å². The molecule has 4 rings (SSSR count). The Balaban J connectivity index is 1.62. The number of aliphatic hydroxyl groups is 1. The lowest BCUT2D eigenvalue weighted by Gasteiger charge is -2.35. The van der Waals surface area contributed by atoms with Crippen molar-refractivity contribution in [1.29, 1.82) is 0 Å². The first-order valence-electron chi connectivity index (χ1n) is 13.4. The quantitative estimate of drug-likeness (QED) is 0.401. The third kappa shape index (κ3) is 7.07. The largest absolute Gasteiger partial charge is 0.416 e. The van der Waals surface area contributed by atoms with Crippen LogP contribution >= 0.6 is 0 Å². The second kappa shape index (κ2) is 12.7. The van der Waals surface area contributed by atoms with Crippen molar-refractivity contribution in [1.82, 2.24) is 9.80 Å². The number of urea groups is 1. The van der Waals surface area contributed by atoms with E-state index in [4.69, 9.17) is 4.74 Å². The smallest absolute Gasteiger partial charge is 0.394 e. The highest BCUT2D eigenvalue weighted by atomic mass is 19.4. The molecule has 0 saturated carbocycles. The van der Waals surface area contributed by atoms with E-state index in [0.29, 0.717) is 5.56 Å². The molecule has 41 heavy (non-hydrogen) atoms. The van der Waals surface area contributed by atoms with Crippen LogP contribution in [0.25, 0.3) is 11.1 Å². The van der Waals surface area contributed by atoms with Gasteiger partial charge in [-0.05, 0) is 47.9 Å². The average Bonchev–Trinajstić information content (AvgIpc) is 2.97. The van der Waals surface area contributed by atoms with E-state index in [-0.39, 0.29) is 43.8 Å². The fourth-order valence-corrected chi connectivity index (χ4v) is 4.90. The Bertz CT molecular complexity index is 1380. The van der Waals surface area contributed by atoms with Crippen LogP contribution in [0.3, 0.4) is 0 Å². The summed E-state index contributed by atoms with van der Waals surface area (Å²) in [7, 11) is 1.53. The van der Waals surface area contributed by atoms with Crippen LogP contribution in [0.4, 0.5) is 23.7 Å². The molecule has 0 bridgehead atoms. The number of carbonyl (C=O) groups is 2. The lowest BCUT2D eigenvalue weighted by molar-refractivity contribution is -0.137. The highest BCUT2D eigenvalue weighted by molar-refractivity contribution is 6.01. The number of fused-ring (bicyclic) bond motifs is 3. The van der Waals surface area contributed by atoms with Crippen molar-refractivity contribution >= 4 is 17.6 Å². The molecule has 0 unspecified atom stereocenters. The van der Waals surface area contributed by atoms with Crippen LogP contribution in [0.2, 0.25) is 0 Å². The van der Waals surface area contributed by atoms with Gasteiger partial charge in [0.1, 0.15) is 0 Å². The molecule has 0 spiro atoms. The van der Waals surface area contributed by atoms with E-state index in [9.17, 15) is 27.9 Å². The summed E-state index contributed by atoms with van der Waals surface area (Å²) in [5.41, 5.74) is 2.15. The highest BCUT2D eigenvalue weighted by Gasteiger charge is 2.32. The van der Waals surface area contributed by atoms with Gasteiger partial charge in [-0.15, -0.1) is 0 Å². The second-order valence-electron chi connectivity index (χ2n) is 10.4. The monoisotopic (exact) mass is 569 g/mol. The summed E-state index contributed by atoms with van der Waals surface area (Å²) < 4.78 is 45.8. The Morgan fingerprint density at radius 1 is 1.07 bits per heavy atom. The van der Waals surface area contributed by atoms with E-state index in [1.807, 2.05) is 49.4 Å². The standard InChI is InChI=1S/C31H34F3N3O4/c1-20-16-37(21(2)18-38)29(39)27-14-7-6-13-26(27)25-12-5-4-9-22(25)19-41-28(20)17-36(3)30(40)35-24-11-8-10-23(15-24)31(32,33)34/h4-15,20-21,28,38H,16-19H2,1-3H3,(H,35,40)/t20-,21-,28-/m0/s1. The Morgan fingerprint density at radius 2 is 1.73 bits per heavy atom. The van der Waals surface area contributed by atoms with Gasteiger partial charge in [0, 0.05) is 37.3 Å². The molecule has 2 N–H and O–H groups in total. The lowest BCUT2D eigenvalue weighted by atomic mass is 9.94. The number of nitrogens with one attached hydrogen (secondary N) is 1. The van der Waals surface area contributed by atoms with E-state index in [2.05, 4.69) is 5.32 Å². The number of rotatable bonds is 5. The predicted octanol–water partition coefficient (Wildman–Crippen LogP) is 5.89. The second-order valence-corrected chi connectivity index (χ2v) is 10.4. The van der Waals surface area contributed by atoms with Gasteiger partial charge in [-0.2, -0.15) is 13.2 Å². The molecule has 3 amide bonds. The maximum atomic E-state index is 13.9. The van der Waals surface area contributed by atoms with Crippen molar-refractivity contribution in [2.75, 3.05) is 32.1 Å². The van der Waals surface area contributed by atoms with E-state index in [0.717, 1.165) is 28.8 Å². The highest BCUT2D eigenvalue weighted by Crippen LogP contribution is 2.32. The molecule has 0 radical (unpaired) electrons. The first-order chi connectivity index (χ1) is 19.5. The molecule has 7 nitrogen and oxygen atoms in total. The molecule has 0 aromatic heterocycles. The van der Waals surface area contributed by atoms with Gasteiger partial charge >= 0.3 is 12.2 Å². The molecule has 0 saturated heterocycles. The van der Waals surface area contributed by atoms with Gasteiger partial charge in [0.05, 0.1) is 30.9 Å². The van der Waals surface area contributed by atoms with Crippen LogP contribution < -0.4 is 5.32 Å². The summed E-state index contributed by atoms with van der Waals surface area (Å²) in [6.07, 6.45) is -5.07. The van der Waals surface area contributed by atoms with E-state index >= 15 is 0 Å². The molecule has 3 aromatic carbocycles. The topological polar surface area (TPSA) is 82.1 Å². The van der Waals surface area contributed by atoms with Crippen LogP contribution in [0.5, 0.6) is 0 Å². The minimum absolute atomic E-state index is 0.0216. The fraction of sp³-hybridized carbons (Fsp3) is 0.355. The first kappa shape index (κ1) is 30.1. The Labute approximate surface area is 237 Å². The van der Waals surface area contributed by atoms with Gasteiger partial charge in [0.25, 0.3) is 5.91 Å². The zero-order valence-electron chi connectivity index (χ0n) is 23.2.